The number of para-hydroxylation sites is 1. The summed E-state index contributed by atoms with van der Waals surface area (Å²) in [6.45, 7) is 1.98. The molecule has 0 atom stereocenters. The minimum Gasteiger partial charge on any atom is -0.337 e. The zero-order chi connectivity index (χ0) is 13.1. The summed E-state index contributed by atoms with van der Waals surface area (Å²) in [5.74, 6) is 0.618. The van der Waals surface area contributed by atoms with E-state index in [1.54, 1.807) is 18.2 Å². The zero-order valence-corrected chi connectivity index (χ0v) is 11.8. The molecule has 1 aromatic carbocycles. The predicted molar refractivity (Wildman–Crippen MR) is 76.2 cm³/mol. The number of aromatic nitrogens is 2. The topological polar surface area (TPSA) is 37.8 Å². The predicted octanol–water partition coefficient (Wildman–Crippen LogP) is 4.74. The van der Waals surface area contributed by atoms with E-state index in [4.69, 9.17) is 34.8 Å². The van der Waals surface area contributed by atoms with E-state index >= 15 is 0 Å². The standard InChI is InChI=1S/C12H10Cl3N3/c1-2-7-11(15)16-6-17-12(7)18-10-8(13)4-3-5-9(10)14/h3-6H,2H2,1H3,(H,16,17,18). The quantitative estimate of drug-likeness (QED) is 0.832. The second-order valence-corrected chi connectivity index (χ2v) is 4.74. The summed E-state index contributed by atoms with van der Waals surface area (Å²) in [5, 5.41) is 4.58. The van der Waals surface area contributed by atoms with Crippen LogP contribution in [0.5, 0.6) is 0 Å². The summed E-state index contributed by atoms with van der Waals surface area (Å²) in [7, 11) is 0. The Balaban J connectivity index is 2.43. The maximum absolute atomic E-state index is 6.09. The van der Waals surface area contributed by atoms with Crippen molar-refractivity contribution < 1.29 is 0 Å². The summed E-state index contributed by atoms with van der Waals surface area (Å²) in [6, 6.07) is 5.29. The van der Waals surface area contributed by atoms with Crippen LogP contribution < -0.4 is 5.32 Å². The van der Waals surface area contributed by atoms with Gasteiger partial charge in [-0.1, -0.05) is 47.8 Å². The van der Waals surface area contributed by atoms with E-state index in [0.717, 1.165) is 5.56 Å². The molecular weight excluding hydrogens is 293 g/mol. The highest BCUT2D eigenvalue weighted by Gasteiger charge is 2.11. The van der Waals surface area contributed by atoms with Crippen molar-refractivity contribution in [2.45, 2.75) is 13.3 Å². The van der Waals surface area contributed by atoms with Crippen LogP contribution in [-0.4, -0.2) is 9.97 Å². The maximum atomic E-state index is 6.09. The van der Waals surface area contributed by atoms with Crippen LogP contribution in [0.2, 0.25) is 15.2 Å². The van der Waals surface area contributed by atoms with Crippen molar-refractivity contribution in [1.82, 2.24) is 9.97 Å². The highest BCUT2D eigenvalue weighted by atomic mass is 35.5. The zero-order valence-electron chi connectivity index (χ0n) is 9.54. The molecule has 0 aliphatic heterocycles. The lowest BCUT2D eigenvalue weighted by Crippen LogP contribution is -2.01. The Kier molecular flexibility index (Phi) is 4.27. The highest BCUT2D eigenvalue weighted by Crippen LogP contribution is 2.33. The Labute approximate surface area is 120 Å². The van der Waals surface area contributed by atoms with Crippen molar-refractivity contribution in [2.75, 3.05) is 5.32 Å². The number of nitrogens with zero attached hydrogens (tertiary/aromatic N) is 2. The Morgan fingerprint density at radius 3 is 2.39 bits per heavy atom. The van der Waals surface area contributed by atoms with Crippen molar-refractivity contribution >= 4 is 46.3 Å². The molecule has 0 amide bonds. The molecule has 0 saturated heterocycles. The summed E-state index contributed by atoms with van der Waals surface area (Å²) in [4.78, 5) is 8.11. The summed E-state index contributed by atoms with van der Waals surface area (Å²) in [6.07, 6.45) is 2.11. The fraction of sp³-hybridized carbons (Fsp3) is 0.167. The van der Waals surface area contributed by atoms with Gasteiger partial charge in [-0.2, -0.15) is 0 Å². The summed E-state index contributed by atoms with van der Waals surface area (Å²) >= 11 is 18.2. The maximum Gasteiger partial charge on any atom is 0.138 e. The molecule has 2 aromatic rings. The Bertz CT molecular complexity index is 552. The first kappa shape index (κ1) is 13.4. The molecule has 1 aromatic heterocycles. The molecule has 0 aliphatic carbocycles. The fourth-order valence-electron chi connectivity index (χ4n) is 1.55. The van der Waals surface area contributed by atoms with E-state index in [9.17, 15) is 0 Å². The Morgan fingerprint density at radius 1 is 1.11 bits per heavy atom. The highest BCUT2D eigenvalue weighted by molar-refractivity contribution is 6.39. The molecule has 18 heavy (non-hydrogen) atoms. The molecule has 0 bridgehead atoms. The molecule has 0 saturated carbocycles. The van der Waals surface area contributed by atoms with Crippen molar-refractivity contribution in [3.05, 3.63) is 45.3 Å². The van der Waals surface area contributed by atoms with Crippen LogP contribution in [0.1, 0.15) is 12.5 Å². The van der Waals surface area contributed by atoms with E-state index < -0.39 is 0 Å². The van der Waals surface area contributed by atoms with Crippen LogP contribution in [0.15, 0.2) is 24.5 Å². The van der Waals surface area contributed by atoms with Gasteiger partial charge in [0.2, 0.25) is 0 Å². The van der Waals surface area contributed by atoms with Gasteiger partial charge in [0, 0.05) is 5.56 Å². The number of anilines is 2. The number of benzene rings is 1. The van der Waals surface area contributed by atoms with Gasteiger partial charge in [0.15, 0.2) is 0 Å². The van der Waals surface area contributed by atoms with E-state index in [1.807, 2.05) is 6.92 Å². The molecule has 6 heteroatoms. The molecular formula is C12H10Cl3N3. The number of hydrogen-bond acceptors (Lipinski definition) is 3. The third-order valence-corrected chi connectivity index (χ3v) is 3.41. The molecule has 1 N–H and O–H groups in total. The van der Waals surface area contributed by atoms with Crippen molar-refractivity contribution in [1.29, 1.82) is 0 Å². The SMILES string of the molecule is CCc1c(Cl)ncnc1Nc1c(Cl)cccc1Cl. The second kappa shape index (κ2) is 5.74. The van der Waals surface area contributed by atoms with Crippen LogP contribution >= 0.6 is 34.8 Å². The van der Waals surface area contributed by atoms with Gasteiger partial charge in [-0.25, -0.2) is 9.97 Å². The minimum absolute atomic E-state index is 0.429. The van der Waals surface area contributed by atoms with Gasteiger partial charge in [-0.3, -0.25) is 0 Å². The van der Waals surface area contributed by atoms with Crippen LogP contribution in [0.3, 0.4) is 0 Å². The monoisotopic (exact) mass is 301 g/mol. The lowest BCUT2D eigenvalue weighted by atomic mass is 10.2. The number of rotatable bonds is 3. The Hall–Kier alpha value is -1.03. The number of nitrogens with one attached hydrogen (secondary N) is 1. The normalized spacial score (nSPS) is 10.4. The van der Waals surface area contributed by atoms with Crippen molar-refractivity contribution in [3.63, 3.8) is 0 Å². The summed E-state index contributed by atoms with van der Waals surface area (Å²) < 4.78 is 0. The largest absolute Gasteiger partial charge is 0.337 e. The van der Waals surface area contributed by atoms with E-state index in [1.165, 1.54) is 6.33 Å². The van der Waals surface area contributed by atoms with E-state index in [2.05, 4.69) is 15.3 Å². The third kappa shape index (κ3) is 2.69. The lowest BCUT2D eigenvalue weighted by Gasteiger charge is -2.12. The molecule has 94 valence electrons. The van der Waals surface area contributed by atoms with Crippen LogP contribution in [0.4, 0.5) is 11.5 Å². The molecule has 0 fully saturated rings. The fourth-order valence-corrected chi connectivity index (χ4v) is 2.31. The van der Waals surface area contributed by atoms with Gasteiger partial charge in [0.25, 0.3) is 0 Å². The molecule has 0 unspecified atom stereocenters. The molecule has 2 rings (SSSR count). The lowest BCUT2D eigenvalue weighted by molar-refractivity contribution is 1.05. The van der Waals surface area contributed by atoms with Crippen LogP contribution in [0, 0.1) is 0 Å². The second-order valence-electron chi connectivity index (χ2n) is 3.57. The Morgan fingerprint density at radius 2 is 1.78 bits per heavy atom. The molecule has 0 radical (unpaired) electrons. The minimum atomic E-state index is 0.429. The van der Waals surface area contributed by atoms with Crippen LogP contribution in [-0.2, 0) is 6.42 Å². The van der Waals surface area contributed by atoms with Gasteiger partial charge in [0.1, 0.15) is 17.3 Å². The molecule has 0 spiro atoms. The first-order valence-corrected chi connectivity index (χ1v) is 6.47. The van der Waals surface area contributed by atoms with Gasteiger partial charge >= 0.3 is 0 Å². The molecule has 1 heterocycles. The van der Waals surface area contributed by atoms with E-state index in [-0.39, 0.29) is 0 Å². The molecule has 0 aliphatic rings. The van der Waals surface area contributed by atoms with Gasteiger partial charge in [-0.15, -0.1) is 0 Å². The summed E-state index contributed by atoms with van der Waals surface area (Å²) in [5.41, 5.74) is 1.44. The number of halogens is 3. The van der Waals surface area contributed by atoms with Crippen LogP contribution in [0.25, 0.3) is 0 Å². The van der Waals surface area contributed by atoms with Crippen molar-refractivity contribution in [3.8, 4) is 0 Å². The first-order valence-electron chi connectivity index (χ1n) is 5.34. The van der Waals surface area contributed by atoms with Gasteiger partial charge < -0.3 is 5.32 Å². The smallest absolute Gasteiger partial charge is 0.138 e. The van der Waals surface area contributed by atoms with E-state index in [0.29, 0.717) is 33.1 Å². The molecule has 3 nitrogen and oxygen atoms in total. The van der Waals surface area contributed by atoms with Crippen molar-refractivity contribution in [2.24, 2.45) is 0 Å². The average Bonchev–Trinajstić information content (AvgIpc) is 2.34. The average molecular weight is 303 g/mol. The first-order chi connectivity index (χ1) is 8.63. The van der Waals surface area contributed by atoms with Gasteiger partial charge in [0.05, 0.1) is 15.7 Å². The third-order valence-electron chi connectivity index (χ3n) is 2.45. The number of hydrogen-bond donors (Lipinski definition) is 1. The van der Waals surface area contributed by atoms with Gasteiger partial charge in [-0.05, 0) is 18.6 Å².